The van der Waals surface area contributed by atoms with E-state index in [0.29, 0.717) is 11.6 Å². The van der Waals surface area contributed by atoms with Gasteiger partial charge in [0.1, 0.15) is 5.75 Å². The van der Waals surface area contributed by atoms with Gasteiger partial charge in [0.2, 0.25) is 0 Å². The van der Waals surface area contributed by atoms with E-state index in [0.717, 1.165) is 22.0 Å². The van der Waals surface area contributed by atoms with Crippen molar-refractivity contribution < 1.29 is 5.11 Å². The first-order chi connectivity index (χ1) is 12.1. The molecule has 1 aromatic heterocycles. The Labute approximate surface area is 155 Å². The number of aromatic nitrogens is 2. The number of fused-ring (bicyclic) bond motifs is 1. The molecule has 0 saturated heterocycles. The highest BCUT2D eigenvalue weighted by Gasteiger charge is 2.27. The number of hydrogen-bond donors (Lipinski definition) is 1. The fourth-order valence-corrected chi connectivity index (χ4v) is 4.16. The maximum Gasteiger partial charge on any atom is 0.156 e. The first kappa shape index (κ1) is 16.2. The normalized spacial score (nSPS) is 16.4. The second-order valence-electron chi connectivity index (χ2n) is 5.91. The van der Waals surface area contributed by atoms with Gasteiger partial charge in [-0.25, -0.2) is 9.67 Å². The van der Waals surface area contributed by atoms with Crippen molar-refractivity contribution in [3.05, 3.63) is 76.4 Å². The molecule has 6 heteroatoms. The second-order valence-corrected chi connectivity index (χ2v) is 7.61. The van der Waals surface area contributed by atoms with Gasteiger partial charge >= 0.3 is 0 Å². The molecule has 2 aromatic carbocycles. The molecule has 0 aliphatic carbocycles. The lowest BCUT2D eigenvalue weighted by Crippen LogP contribution is -2.07. The van der Waals surface area contributed by atoms with Crippen LogP contribution >= 0.6 is 23.4 Å². The molecule has 0 amide bonds. The first-order valence-electron chi connectivity index (χ1n) is 7.92. The topological polar surface area (TPSA) is 50.4 Å². The molecule has 1 aliphatic rings. The summed E-state index contributed by atoms with van der Waals surface area (Å²) < 4.78 is 1.93. The lowest BCUT2D eigenvalue weighted by molar-refractivity contribution is 0.475. The van der Waals surface area contributed by atoms with E-state index in [9.17, 15) is 5.11 Å². The van der Waals surface area contributed by atoms with Gasteiger partial charge in [0, 0.05) is 5.56 Å². The molecule has 1 atom stereocenters. The third-order valence-electron chi connectivity index (χ3n) is 4.12. The SMILES string of the molecule is CC1=Nc2c(cnn2Cc2ccccc2)[C@H](c2ccc(O)c(Cl)c2)S1. The number of aromatic hydroxyl groups is 1. The third kappa shape index (κ3) is 3.17. The van der Waals surface area contributed by atoms with Crippen LogP contribution in [-0.2, 0) is 6.54 Å². The predicted molar refractivity (Wildman–Crippen MR) is 103 cm³/mol. The molecule has 3 aromatic rings. The zero-order valence-electron chi connectivity index (χ0n) is 13.6. The number of rotatable bonds is 3. The molecule has 0 fully saturated rings. The fourth-order valence-electron chi connectivity index (χ4n) is 2.92. The Morgan fingerprint density at radius 3 is 2.76 bits per heavy atom. The summed E-state index contributed by atoms with van der Waals surface area (Å²) >= 11 is 7.77. The summed E-state index contributed by atoms with van der Waals surface area (Å²) in [6.45, 7) is 2.68. The van der Waals surface area contributed by atoms with Gasteiger partial charge in [-0.3, -0.25) is 0 Å². The predicted octanol–water partition coefficient (Wildman–Crippen LogP) is 5.18. The van der Waals surface area contributed by atoms with Crippen molar-refractivity contribution >= 4 is 34.2 Å². The molecule has 0 unspecified atom stereocenters. The summed E-state index contributed by atoms with van der Waals surface area (Å²) in [7, 11) is 0. The van der Waals surface area contributed by atoms with E-state index in [4.69, 9.17) is 16.6 Å². The van der Waals surface area contributed by atoms with Crippen LogP contribution in [0.3, 0.4) is 0 Å². The summed E-state index contributed by atoms with van der Waals surface area (Å²) in [4.78, 5) is 4.72. The number of hydrogen-bond acceptors (Lipinski definition) is 4. The average molecular weight is 370 g/mol. The van der Waals surface area contributed by atoms with Crippen LogP contribution in [0, 0.1) is 0 Å². The van der Waals surface area contributed by atoms with Crippen LogP contribution in [0.25, 0.3) is 0 Å². The van der Waals surface area contributed by atoms with E-state index < -0.39 is 0 Å². The van der Waals surface area contributed by atoms with Gasteiger partial charge in [0.25, 0.3) is 0 Å². The average Bonchev–Trinajstić information content (AvgIpc) is 3.00. The Hall–Kier alpha value is -2.24. The Balaban J connectivity index is 1.73. The van der Waals surface area contributed by atoms with E-state index in [2.05, 4.69) is 17.2 Å². The minimum atomic E-state index is 0.0649. The van der Waals surface area contributed by atoms with Crippen molar-refractivity contribution in [3.63, 3.8) is 0 Å². The second kappa shape index (κ2) is 6.58. The molecule has 4 nitrogen and oxygen atoms in total. The highest BCUT2D eigenvalue weighted by atomic mass is 35.5. The van der Waals surface area contributed by atoms with E-state index in [-0.39, 0.29) is 11.0 Å². The molecule has 1 aliphatic heterocycles. The molecule has 1 N–H and O–H groups in total. The van der Waals surface area contributed by atoms with E-state index in [1.807, 2.05) is 48.1 Å². The molecule has 0 radical (unpaired) electrons. The van der Waals surface area contributed by atoms with Gasteiger partial charge in [-0.1, -0.05) is 59.8 Å². The minimum absolute atomic E-state index is 0.0649. The lowest BCUT2D eigenvalue weighted by atomic mass is 10.1. The highest BCUT2D eigenvalue weighted by Crippen LogP contribution is 2.46. The summed E-state index contributed by atoms with van der Waals surface area (Å²) in [6.07, 6.45) is 1.88. The van der Waals surface area contributed by atoms with Crippen LogP contribution in [-0.4, -0.2) is 19.9 Å². The van der Waals surface area contributed by atoms with Crippen molar-refractivity contribution in [2.75, 3.05) is 0 Å². The van der Waals surface area contributed by atoms with Crippen molar-refractivity contribution in [1.82, 2.24) is 9.78 Å². The third-order valence-corrected chi connectivity index (χ3v) is 5.62. The van der Waals surface area contributed by atoms with Crippen molar-refractivity contribution in [1.29, 1.82) is 0 Å². The molecule has 126 valence electrons. The van der Waals surface area contributed by atoms with Gasteiger partial charge < -0.3 is 5.11 Å². The maximum atomic E-state index is 9.68. The maximum absolute atomic E-state index is 9.68. The quantitative estimate of drug-likeness (QED) is 0.692. The molecule has 0 spiro atoms. The molecule has 0 saturated carbocycles. The zero-order valence-corrected chi connectivity index (χ0v) is 15.1. The van der Waals surface area contributed by atoms with Gasteiger partial charge in [-0.05, 0) is 30.2 Å². The number of phenols is 1. The zero-order chi connectivity index (χ0) is 17.4. The number of nitrogens with zero attached hydrogens (tertiary/aromatic N) is 3. The Morgan fingerprint density at radius 2 is 2.00 bits per heavy atom. The van der Waals surface area contributed by atoms with E-state index in [1.165, 1.54) is 5.56 Å². The Kier molecular flexibility index (Phi) is 4.27. The monoisotopic (exact) mass is 369 g/mol. The molecular formula is C19H16ClN3OS. The van der Waals surface area contributed by atoms with Crippen LogP contribution in [0.15, 0.2) is 59.7 Å². The van der Waals surface area contributed by atoms with Crippen molar-refractivity contribution in [2.24, 2.45) is 4.99 Å². The van der Waals surface area contributed by atoms with E-state index in [1.54, 1.807) is 17.8 Å². The van der Waals surface area contributed by atoms with Crippen molar-refractivity contribution in [2.45, 2.75) is 18.7 Å². The number of benzene rings is 2. The first-order valence-corrected chi connectivity index (χ1v) is 9.17. The summed E-state index contributed by atoms with van der Waals surface area (Å²) in [6, 6.07) is 15.6. The van der Waals surface area contributed by atoms with Crippen LogP contribution in [0.5, 0.6) is 5.75 Å². The molecule has 2 heterocycles. The number of thioether (sulfide) groups is 1. The van der Waals surface area contributed by atoms with E-state index >= 15 is 0 Å². The van der Waals surface area contributed by atoms with Crippen LogP contribution in [0.1, 0.15) is 28.9 Å². The van der Waals surface area contributed by atoms with Crippen LogP contribution in [0.4, 0.5) is 5.82 Å². The smallest absolute Gasteiger partial charge is 0.156 e. The standard InChI is InChI=1S/C19H16ClN3OS/c1-12-22-19-15(10-21-23(19)11-13-5-3-2-4-6-13)18(25-12)14-7-8-17(24)16(20)9-14/h2-10,18,24H,11H2,1H3/t18-/m0/s1. The lowest BCUT2D eigenvalue weighted by Gasteiger charge is -2.21. The van der Waals surface area contributed by atoms with Gasteiger partial charge in [-0.15, -0.1) is 0 Å². The summed E-state index contributed by atoms with van der Waals surface area (Å²) in [5, 5.41) is 15.6. The van der Waals surface area contributed by atoms with Gasteiger partial charge in [0.05, 0.1) is 28.1 Å². The van der Waals surface area contributed by atoms with Gasteiger partial charge in [0.15, 0.2) is 5.82 Å². The molecular weight excluding hydrogens is 354 g/mol. The Bertz CT molecular complexity index is 953. The highest BCUT2D eigenvalue weighted by molar-refractivity contribution is 8.14. The molecule has 0 bridgehead atoms. The van der Waals surface area contributed by atoms with Gasteiger partial charge in [-0.2, -0.15) is 5.10 Å². The molecule has 4 rings (SSSR count). The fraction of sp³-hybridized carbons (Fsp3) is 0.158. The Morgan fingerprint density at radius 1 is 1.20 bits per heavy atom. The minimum Gasteiger partial charge on any atom is -0.506 e. The number of phenolic OH excluding ortho intramolecular Hbond substituents is 1. The van der Waals surface area contributed by atoms with Crippen molar-refractivity contribution in [3.8, 4) is 5.75 Å². The number of aliphatic imine (C=N–C) groups is 1. The largest absolute Gasteiger partial charge is 0.506 e. The summed E-state index contributed by atoms with van der Waals surface area (Å²) in [5.41, 5.74) is 3.28. The van der Waals surface area contributed by atoms with Crippen LogP contribution in [0.2, 0.25) is 5.02 Å². The van der Waals surface area contributed by atoms with Crippen LogP contribution < -0.4 is 0 Å². The number of halogens is 1. The molecule has 25 heavy (non-hydrogen) atoms. The summed E-state index contributed by atoms with van der Waals surface area (Å²) in [5.74, 6) is 0.978.